The van der Waals surface area contributed by atoms with E-state index < -0.39 is 16.8 Å². The van der Waals surface area contributed by atoms with Crippen LogP contribution in [0.2, 0.25) is 0 Å². The highest BCUT2D eigenvalue weighted by atomic mass is 16.6. The van der Waals surface area contributed by atoms with E-state index in [1.165, 1.54) is 17.0 Å². The molecule has 1 heterocycles. The highest BCUT2D eigenvalue weighted by Gasteiger charge is 2.36. The number of nitro groups is 1. The second kappa shape index (κ2) is 4.68. The summed E-state index contributed by atoms with van der Waals surface area (Å²) in [6.07, 6.45) is 0. The molecule has 7 nitrogen and oxygen atoms in total. The van der Waals surface area contributed by atoms with Gasteiger partial charge >= 0.3 is 5.97 Å². The maximum absolute atomic E-state index is 12.0. The second-order valence-corrected chi connectivity index (χ2v) is 4.56. The molecule has 0 saturated carbocycles. The highest BCUT2D eigenvalue weighted by Crippen LogP contribution is 2.22. The lowest BCUT2D eigenvalue weighted by molar-refractivity contribution is -0.384. The molecule has 0 aliphatic carbocycles. The van der Waals surface area contributed by atoms with Crippen LogP contribution < -0.4 is 0 Å². The number of hydrogen-bond donors (Lipinski definition) is 1. The zero-order valence-corrected chi connectivity index (χ0v) is 10.2. The minimum Gasteiger partial charge on any atom is -0.481 e. The molecule has 0 atom stereocenters. The Morgan fingerprint density at radius 3 is 2.53 bits per heavy atom. The third-order valence-electron chi connectivity index (χ3n) is 3.04. The minimum atomic E-state index is -0.931. The summed E-state index contributed by atoms with van der Waals surface area (Å²) in [6.45, 7) is 1.96. The van der Waals surface area contributed by atoms with E-state index in [4.69, 9.17) is 5.11 Å². The molecule has 0 unspecified atom stereocenters. The number of hydrogen-bond acceptors (Lipinski definition) is 4. The van der Waals surface area contributed by atoms with Gasteiger partial charge in [0, 0.05) is 30.8 Å². The summed E-state index contributed by atoms with van der Waals surface area (Å²) in [5.41, 5.74) is 0.696. The van der Waals surface area contributed by atoms with E-state index in [-0.39, 0.29) is 30.2 Å². The SMILES string of the molecule is Cc1cc(C(=O)N2CC(C(=O)O)C2)cc([N+](=O)[O-])c1. The Hall–Kier alpha value is -2.44. The van der Waals surface area contributed by atoms with Gasteiger partial charge in [0.2, 0.25) is 0 Å². The average molecular weight is 264 g/mol. The number of carboxylic acids is 1. The predicted molar refractivity (Wildman–Crippen MR) is 64.9 cm³/mol. The van der Waals surface area contributed by atoms with Crippen LogP contribution >= 0.6 is 0 Å². The van der Waals surface area contributed by atoms with Crippen molar-refractivity contribution >= 4 is 17.6 Å². The number of likely N-dealkylation sites (tertiary alicyclic amines) is 1. The van der Waals surface area contributed by atoms with Gasteiger partial charge in [0.05, 0.1) is 10.8 Å². The molecule has 7 heteroatoms. The van der Waals surface area contributed by atoms with Crippen LogP contribution in [0.5, 0.6) is 0 Å². The molecule has 100 valence electrons. The fourth-order valence-electron chi connectivity index (χ4n) is 1.97. The lowest BCUT2D eigenvalue weighted by atomic mass is 9.98. The molecule has 1 aliphatic heterocycles. The van der Waals surface area contributed by atoms with Crippen molar-refractivity contribution in [3.05, 3.63) is 39.4 Å². The molecule has 2 rings (SSSR count). The third kappa shape index (κ3) is 2.54. The van der Waals surface area contributed by atoms with Gasteiger partial charge < -0.3 is 10.0 Å². The molecule has 19 heavy (non-hydrogen) atoms. The van der Waals surface area contributed by atoms with Gasteiger partial charge in [-0.25, -0.2) is 0 Å². The van der Waals surface area contributed by atoms with Crippen molar-refractivity contribution in [1.29, 1.82) is 0 Å². The highest BCUT2D eigenvalue weighted by molar-refractivity contribution is 5.96. The standard InChI is InChI=1S/C12H12N2O5/c1-7-2-8(4-10(3-7)14(18)19)11(15)13-5-9(6-13)12(16)17/h2-4,9H,5-6H2,1H3,(H,16,17). The molecule has 1 aromatic rings. The Morgan fingerprint density at radius 1 is 1.37 bits per heavy atom. The topological polar surface area (TPSA) is 101 Å². The second-order valence-electron chi connectivity index (χ2n) is 4.56. The molecule has 1 amide bonds. The molecular formula is C12H12N2O5. The predicted octanol–water partition coefficient (Wildman–Crippen LogP) is 1.06. The van der Waals surface area contributed by atoms with Gasteiger partial charge in [0.25, 0.3) is 11.6 Å². The fraction of sp³-hybridized carbons (Fsp3) is 0.333. The van der Waals surface area contributed by atoms with E-state index in [1.54, 1.807) is 13.0 Å². The van der Waals surface area contributed by atoms with Gasteiger partial charge in [0.15, 0.2) is 0 Å². The molecular weight excluding hydrogens is 252 g/mol. The number of rotatable bonds is 3. The maximum Gasteiger partial charge on any atom is 0.310 e. The molecule has 0 radical (unpaired) electrons. The van der Waals surface area contributed by atoms with Gasteiger partial charge in [0.1, 0.15) is 0 Å². The number of non-ortho nitro benzene ring substituents is 1. The van der Waals surface area contributed by atoms with Crippen molar-refractivity contribution in [3.8, 4) is 0 Å². The summed E-state index contributed by atoms with van der Waals surface area (Å²) in [7, 11) is 0. The van der Waals surface area contributed by atoms with E-state index >= 15 is 0 Å². The number of amides is 1. The summed E-state index contributed by atoms with van der Waals surface area (Å²) in [5, 5.41) is 19.5. The molecule has 1 saturated heterocycles. The minimum absolute atomic E-state index is 0.140. The summed E-state index contributed by atoms with van der Waals surface area (Å²) in [4.78, 5) is 34.2. The number of carbonyl (C=O) groups is 2. The Kier molecular flexibility index (Phi) is 3.20. The van der Waals surface area contributed by atoms with Crippen molar-refractivity contribution in [2.75, 3.05) is 13.1 Å². The van der Waals surface area contributed by atoms with E-state index in [0.717, 1.165) is 0 Å². The van der Waals surface area contributed by atoms with Crippen molar-refractivity contribution in [2.24, 2.45) is 5.92 Å². The maximum atomic E-state index is 12.0. The van der Waals surface area contributed by atoms with Crippen molar-refractivity contribution in [1.82, 2.24) is 4.90 Å². The van der Waals surface area contributed by atoms with Crippen LogP contribution in [-0.4, -0.2) is 39.9 Å². The van der Waals surface area contributed by atoms with E-state index in [1.807, 2.05) is 0 Å². The first kappa shape index (κ1) is 13.0. The van der Waals surface area contributed by atoms with E-state index in [2.05, 4.69) is 0 Å². The normalized spacial score (nSPS) is 14.9. The van der Waals surface area contributed by atoms with Gasteiger partial charge in [-0.1, -0.05) is 0 Å². The van der Waals surface area contributed by atoms with Gasteiger partial charge in [-0.05, 0) is 18.6 Å². The number of carboxylic acid groups (broad SMARTS) is 1. The number of aryl methyl sites for hydroxylation is 1. The van der Waals surface area contributed by atoms with Crippen molar-refractivity contribution in [2.45, 2.75) is 6.92 Å². The number of nitrogens with zero attached hydrogens (tertiary/aromatic N) is 2. The first-order valence-corrected chi connectivity index (χ1v) is 5.66. The van der Waals surface area contributed by atoms with Gasteiger partial charge in [-0.3, -0.25) is 19.7 Å². The van der Waals surface area contributed by atoms with Crippen LogP contribution in [0.1, 0.15) is 15.9 Å². The van der Waals surface area contributed by atoms with E-state index in [9.17, 15) is 19.7 Å². The smallest absolute Gasteiger partial charge is 0.310 e. The molecule has 1 fully saturated rings. The molecule has 0 aromatic heterocycles. The van der Waals surface area contributed by atoms with Crippen molar-refractivity contribution < 1.29 is 19.6 Å². The summed E-state index contributed by atoms with van der Waals surface area (Å²) in [6, 6.07) is 4.15. The molecule has 1 aromatic carbocycles. The van der Waals surface area contributed by atoms with Crippen LogP contribution in [0.4, 0.5) is 5.69 Å². The number of benzene rings is 1. The van der Waals surface area contributed by atoms with Crippen LogP contribution in [0, 0.1) is 23.0 Å². The third-order valence-corrected chi connectivity index (χ3v) is 3.04. The zero-order chi connectivity index (χ0) is 14.2. The number of aliphatic carboxylic acids is 1. The zero-order valence-electron chi connectivity index (χ0n) is 10.2. The molecule has 0 spiro atoms. The quantitative estimate of drug-likeness (QED) is 0.649. The Morgan fingerprint density at radius 2 is 2.00 bits per heavy atom. The van der Waals surface area contributed by atoms with Gasteiger partial charge in [-0.2, -0.15) is 0 Å². The van der Waals surface area contributed by atoms with Crippen LogP contribution in [0.25, 0.3) is 0 Å². The monoisotopic (exact) mass is 264 g/mol. The number of carbonyl (C=O) groups excluding carboxylic acids is 1. The fourth-order valence-corrected chi connectivity index (χ4v) is 1.97. The Bertz CT molecular complexity index is 563. The Labute approximate surface area is 108 Å². The van der Waals surface area contributed by atoms with Crippen molar-refractivity contribution in [3.63, 3.8) is 0 Å². The first-order valence-electron chi connectivity index (χ1n) is 5.66. The van der Waals surface area contributed by atoms with E-state index in [0.29, 0.717) is 5.56 Å². The largest absolute Gasteiger partial charge is 0.481 e. The average Bonchev–Trinajstić information content (AvgIpc) is 2.25. The molecule has 0 bridgehead atoms. The number of nitro benzene ring substituents is 1. The summed E-state index contributed by atoms with van der Waals surface area (Å²) in [5.74, 6) is -1.84. The van der Waals surface area contributed by atoms with Crippen LogP contribution in [-0.2, 0) is 4.79 Å². The molecule has 1 N–H and O–H groups in total. The summed E-state index contributed by atoms with van der Waals surface area (Å²) >= 11 is 0. The van der Waals surface area contributed by atoms with Crippen LogP contribution in [0.15, 0.2) is 18.2 Å². The molecule has 1 aliphatic rings. The first-order chi connectivity index (χ1) is 8.88. The lowest BCUT2D eigenvalue weighted by Gasteiger charge is -2.36. The lowest BCUT2D eigenvalue weighted by Crippen LogP contribution is -2.53. The Balaban J connectivity index is 2.16. The van der Waals surface area contributed by atoms with Gasteiger partial charge in [-0.15, -0.1) is 0 Å². The summed E-state index contributed by atoms with van der Waals surface area (Å²) < 4.78 is 0. The van der Waals surface area contributed by atoms with Crippen LogP contribution in [0.3, 0.4) is 0 Å².